The minimum Gasteiger partial charge on any atom is -0.394 e. The van der Waals surface area contributed by atoms with Crippen LogP contribution >= 0.6 is 11.3 Å². The number of aromatic nitrogens is 5. The van der Waals surface area contributed by atoms with Crippen molar-refractivity contribution in [3.05, 3.63) is 47.7 Å². The Hall–Kier alpha value is -3.12. The van der Waals surface area contributed by atoms with E-state index in [1.54, 1.807) is 11.3 Å². The summed E-state index contributed by atoms with van der Waals surface area (Å²) < 4.78 is 7.72. The molecule has 2 fully saturated rings. The number of hydrogen-bond acceptors (Lipinski definition) is 10. The summed E-state index contributed by atoms with van der Waals surface area (Å²) >= 11 is 1.70. The lowest BCUT2D eigenvalue weighted by Crippen LogP contribution is -2.48. The molecular formula is C28H36N8O2S. The zero-order chi connectivity index (χ0) is 26.4. The van der Waals surface area contributed by atoms with Crippen LogP contribution in [-0.2, 0) is 11.3 Å². The first-order valence-corrected chi connectivity index (χ1v) is 14.8. The van der Waals surface area contributed by atoms with Crippen LogP contribution in [0.25, 0.3) is 21.7 Å². The van der Waals surface area contributed by atoms with E-state index in [0.29, 0.717) is 25.8 Å². The van der Waals surface area contributed by atoms with Gasteiger partial charge in [-0.05, 0) is 35.9 Å². The van der Waals surface area contributed by atoms with Gasteiger partial charge in [0.2, 0.25) is 5.95 Å². The molecule has 0 atom stereocenters. The SMILES string of the molecule is OCCOCCN1CCN(c2nc(NCc3ccc(-c4cccs4)nc3)c3ncn(C4CCCC4)c3n2)CC1. The predicted molar refractivity (Wildman–Crippen MR) is 154 cm³/mol. The van der Waals surface area contributed by atoms with Crippen LogP contribution in [0.1, 0.15) is 37.3 Å². The Bertz CT molecular complexity index is 1330. The summed E-state index contributed by atoms with van der Waals surface area (Å²) in [6, 6.07) is 8.79. The van der Waals surface area contributed by atoms with Crippen LogP contribution in [-0.4, -0.2) is 87.1 Å². The maximum absolute atomic E-state index is 8.91. The summed E-state index contributed by atoms with van der Waals surface area (Å²) in [5, 5.41) is 14.5. The molecule has 0 amide bonds. The molecule has 2 N–H and O–H groups in total. The van der Waals surface area contributed by atoms with Crippen LogP contribution in [0.5, 0.6) is 0 Å². The molecule has 0 spiro atoms. The Kier molecular flexibility index (Phi) is 8.29. The number of imidazole rings is 1. The molecule has 39 heavy (non-hydrogen) atoms. The lowest BCUT2D eigenvalue weighted by Gasteiger charge is -2.34. The van der Waals surface area contributed by atoms with E-state index in [-0.39, 0.29) is 6.61 Å². The number of anilines is 2. The quantitative estimate of drug-likeness (QED) is 0.271. The number of hydrogen-bond donors (Lipinski definition) is 2. The van der Waals surface area contributed by atoms with Crippen molar-refractivity contribution < 1.29 is 9.84 Å². The first-order valence-electron chi connectivity index (χ1n) is 13.9. The van der Waals surface area contributed by atoms with Gasteiger partial charge in [-0.25, -0.2) is 4.98 Å². The minimum atomic E-state index is 0.0678. The maximum atomic E-state index is 8.91. The van der Waals surface area contributed by atoms with E-state index >= 15 is 0 Å². The van der Waals surface area contributed by atoms with Crippen LogP contribution in [0.4, 0.5) is 11.8 Å². The van der Waals surface area contributed by atoms with Gasteiger partial charge in [0, 0.05) is 51.5 Å². The molecule has 10 nitrogen and oxygen atoms in total. The van der Waals surface area contributed by atoms with Gasteiger partial charge in [0.05, 0.1) is 36.7 Å². The standard InChI is InChI=1S/C28H36N8O2S/c37-14-16-38-15-13-34-9-11-35(12-10-34)28-32-26(25-27(33-28)36(20-31-25)22-4-1-2-5-22)30-19-21-7-8-23(29-18-21)24-6-3-17-39-24/h3,6-8,17-18,20,22,37H,1-2,4-5,9-16,19H2,(H,30,32,33). The third kappa shape index (κ3) is 6.06. The Labute approximate surface area is 232 Å². The second kappa shape index (κ2) is 12.4. The number of pyridine rings is 1. The van der Waals surface area contributed by atoms with E-state index in [4.69, 9.17) is 24.8 Å². The normalized spacial score (nSPS) is 16.9. The highest BCUT2D eigenvalue weighted by Gasteiger charge is 2.25. The van der Waals surface area contributed by atoms with Crippen molar-refractivity contribution in [1.29, 1.82) is 0 Å². The fourth-order valence-corrected chi connectivity index (χ4v) is 6.14. The van der Waals surface area contributed by atoms with E-state index in [1.807, 2.05) is 18.6 Å². The molecule has 4 aromatic rings. The highest BCUT2D eigenvalue weighted by atomic mass is 32.1. The van der Waals surface area contributed by atoms with Crippen LogP contribution in [0.15, 0.2) is 42.2 Å². The Morgan fingerprint density at radius 1 is 1.03 bits per heavy atom. The van der Waals surface area contributed by atoms with E-state index in [0.717, 1.165) is 66.9 Å². The summed E-state index contributed by atoms with van der Waals surface area (Å²) in [6.45, 7) is 6.16. The number of thiophene rings is 1. The second-order valence-corrected chi connectivity index (χ2v) is 11.1. The van der Waals surface area contributed by atoms with Gasteiger partial charge in [-0.2, -0.15) is 9.97 Å². The van der Waals surface area contributed by atoms with E-state index in [9.17, 15) is 0 Å². The fraction of sp³-hybridized carbons (Fsp3) is 0.500. The van der Waals surface area contributed by atoms with Gasteiger partial charge in [-0.1, -0.05) is 25.0 Å². The number of nitrogens with one attached hydrogen (secondary N) is 1. The molecule has 6 rings (SSSR count). The summed E-state index contributed by atoms with van der Waals surface area (Å²) in [5.41, 5.74) is 3.83. The number of nitrogens with zero attached hydrogens (tertiary/aromatic N) is 7. The number of fused-ring (bicyclic) bond motifs is 1. The third-order valence-electron chi connectivity index (χ3n) is 7.63. The summed E-state index contributed by atoms with van der Waals surface area (Å²) in [7, 11) is 0. The summed E-state index contributed by atoms with van der Waals surface area (Å²) in [4.78, 5) is 25.3. The fourth-order valence-electron chi connectivity index (χ4n) is 5.44. The van der Waals surface area contributed by atoms with Crippen molar-refractivity contribution in [2.24, 2.45) is 0 Å². The summed E-state index contributed by atoms with van der Waals surface area (Å²) in [6.07, 6.45) is 8.74. The van der Waals surface area contributed by atoms with Gasteiger partial charge in [0.25, 0.3) is 0 Å². The van der Waals surface area contributed by atoms with Crippen molar-refractivity contribution in [3.63, 3.8) is 0 Å². The Morgan fingerprint density at radius 2 is 1.90 bits per heavy atom. The average molecular weight is 549 g/mol. The van der Waals surface area contributed by atoms with E-state index < -0.39 is 0 Å². The van der Waals surface area contributed by atoms with Crippen LogP contribution in [0.3, 0.4) is 0 Å². The first kappa shape index (κ1) is 26.1. The molecule has 0 radical (unpaired) electrons. The zero-order valence-corrected chi connectivity index (χ0v) is 23.0. The monoisotopic (exact) mass is 548 g/mol. The zero-order valence-electron chi connectivity index (χ0n) is 22.2. The molecule has 2 aliphatic rings. The molecular weight excluding hydrogens is 512 g/mol. The van der Waals surface area contributed by atoms with Gasteiger partial charge >= 0.3 is 0 Å². The van der Waals surface area contributed by atoms with Gasteiger partial charge in [-0.3, -0.25) is 9.88 Å². The molecule has 1 aliphatic heterocycles. The van der Waals surface area contributed by atoms with Gasteiger partial charge in [0.1, 0.15) is 0 Å². The van der Waals surface area contributed by atoms with Crippen LogP contribution < -0.4 is 10.2 Å². The third-order valence-corrected chi connectivity index (χ3v) is 8.52. The van der Waals surface area contributed by atoms with E-state index in [2.05, 4.69) is 48.2 Å². The molecule has 11 heteroatoms. The van der Waals surface area contributed by atoms with Crippen molar-refractivity contribution >= 4 is 34.3 Å². The summed E-state index contributed by atoms with van der Waals surface area (Å²) in [5.74, 6) is 1.53. The van der Waals surface area contributed by atoms with Crippen molar-refractivity contribution in [1.82, 2.24) is 29.4 Å². The molecule has 1 aliphatic carbocycles. The molecule has 5 heterocycles. The number of aliphatic hydroxyl groups excluding tert-OH is 1. The number of aliphatic hydroxyl groups is 1. The van der Waals surface area contributed by atoms with Gasteiger partial charge in [-0.15, -0.1) is 11.3 Å². The molecule has 0 aromatic carbocycles. The molecule has 4 aromatic heterocycles. The van der Waals surface area contributed by atoms with E-state index in [1.165, 1.54) is 30.6 Å². The molecule has 206 valence electrons. The van der Waals surface area contributed by atoms with Crippen molar-refractivity contribution in [3.8, 4) is 10.6 Å². The second-order valence-electron chi connectivity index (χ2n) is 10.2. The number of ether oxygens (including phenoxy) is 1. The van der Waals surface area contributed by atoms with Gasteiger partial charge in [0.15, 0.2) is 17.0 Å². The lowest BCUT2D eigenvalue weighted by atomic mass is 10.2. The minimum absolute atomic E-state index is 0.0678. The molecule has 0 bridgehead atoms. The van der Waals surface area contributed by atoms with Crippen LogP contribution in [0, 0.1) is 0 Å². The van der Waals surface area contributed by atoms with Crippen molar-refractivity contribution in [2.75, 3.05) is 62.8 Å². The largest absolute Gasteiger partial charge is 0.394 e. The maximum Gasteiger partial charge on any atom is 0.229 e. The number of piperazine rings is 1. The first-order chi connectivity index (χ1) is 19.3. The smallest absolute Gasteiger partial charge is 0.229 e. The van der Waals surface area contributed by atoms with Gasteiger partial charge < -0.3 is 24.6 Å². The Morgan fingerprint density at radius 3 is 2.64 bits per heavy atom. The number of rotatable bonds is 11. The molecule has 1 saturated carbocycles. The molecule has 0 unspecified atom stereocenters. The highest BCUT2D eigenvalue weighted by molar-refractivity contribution is 7.13. The average Bonchev–Trinajstić information content (AvgIpc) is 3.77. The van der Waals surface area contributed by atoms with Crippen LogP contribution in [0.2, 0.25) is 0 Å². The predicted octanol–water partition coefficient (Wildman–Crippen LogP) is 3.81. The topological polar surface area (TPSA) is 104 Å². The highest BCUT2D eigenvalue weighted by Crippen LogP contribution is 2.33. The van der Waals surface area contributed by atoms with Crippen molar-refractivity contribution in [2.45, 2.75) is 38.3 Å². The Balaban J connectivity index is 1.20. The lowest BCUT2D eigenvalue weighted by molar-refractivity contribution is 0.0724. The molecule has 1 saturated heterocycles.